The number of nitrogens with zero attached hydrogens (tertiary/aromatic N) is 2. The van der Waals surface area contributed by atoms with E-state index in [9.17, 15) is 8.42 Å². The average molecular weight is 393 g/mol. The van der Waals surface area contributed by atoms with Crippen molar-refractivity contribution in [3.63, 3.8) is 0 Å². The van der Waals surface area contributed by atoms with Crippen LogP contribution in [0.25, 0.3) is 28.0 Å². The van der Waals surface area contributed by atoms with E-state index >= 15 is 0 Å². The van der Waals surface area contributed by atoms with Gasteiger partial charge in [-0.3, -0.25) is 9.12 Å². The van der Waals surface area contributed by atoms with Crippen LogP contribution in [-0.4, -0.2) is 31.2 Å². The topological polar surface area (TPSA) is 72.7 Å². The van der Waals surface area contributed by atoms with Crippen molar-refractivity contribution in [2.75, 3.05) is 18.1 Å². The Hall–Kier alpha value is -3.32. The molecule has 0 saturated carbocycles. The number of aromatic nitrogens is 2. The van der Waals surface area contributed by atoms with Gasteiger partial charge in [-0.15, -0.1) is 0 Å². The summed E-state index contributed by atoms with van der Waals surface area (Å²) >= 11 is 0. The lowest BCUT2D eigenvalue weighted by molar-refractivity contribution is 0.393. The second-order valence-corrected chi connectivity index (χ2v) is 8.19. The SMILES string of the molecule is COc1cc(-c2ccccc2)cc2ncc(-c3cccc(NS(C)(=O)=O)c3)n12. The number of rotatable bonds is 5. The first-order chi connectivity index (χ1) is 13.4. The van der Waals surface area contributed by atoms with Crippen LogP contribution in [0.3, 0.4) is 0 Å². The van der Waals surface area contributed by atoms with Gasteiger partial charge in [0.2, 0.25) is 10.0 Å². The Morgan fingerprint density at radius 2 is 1.68 bits per heavy atom. The van der Waals surface area contributed by atoms with Crippen LogP contribution in [-0.2, 0) is 10.0 Å². The van der Waals surface area contributed by atoms with E-state index in [2.05, 4.69) is 9.71 Å². The van der Waals surface area contributed by atoms with Gasteiger partial charge in [0.05, 0.1) is 25.3 Å². The number of benzene rings is 2. The summed E-state index contributed by atoms with van der Waals surface area (Å²) in [5.41, 5.74) is 4.96. The lowest BCUT2D eigenvalue weighted by Gasteiger charge is -2.12. The van der Waals surface area contributed by atoms with Crippen LogP contribution in [0.15, 0.2) is 72.9 Å². The van der Waals surface area contributed by atoms with Gasteiger partial charge in [0, 0.05) is 17.3 Å². The first-order valence-corrected chi connectivity index (χ1v) is 10.5. The van der Waals surface area contributed by atoms with Crippen molar-refractivity contribution in [2.45, 2.75) is 0 Å². The molecule has 0 atom stereocenters. The molecule has 0 unspecified atom stereocenters. The van der Waals surface area contributed by atoms with E-state index in [0.29, 0.717) is 11.6 Å². The Labute approximate surface area is 163 Å². The van der Waals surface area contributed by atoms with Crippen molar-refractivity contribution in [3.8, 4) is 28.3 Å². The molecular weight excluding hydrogens is 374 g/mol. The molecule has 2 aromatic heterocycles. The van der Waals surface area contributed by atoms with Gasteiger partial charge in [-0.05, 0) is 29.3 Å². The Bertz CT molecular complexity index is 1250. The number of anilines is 1. The number of methoxy groups -OCH3 is 1. The number of ether oxygens (including phenoxy) is 1. The molecule has 0 fully saturated rings. The van der Waals surface area contributed by atoms with Crippen LogP contribution in [0, 0.1) is 0 Å². The maximum atomic E-state index is 11.5. The highest BCUT2D eigenvalue weighted by Crippen LogP contribution is 2.31. The summed E-state index contributed by atoms with van der Waals surface area (Å²) in [5.74, 6) is 0.644. The van der Waals surface area contributed by atoms with E-state index < -0.39 is 10.0 Å². The summed E-state index contributed by atoms with van der Waals surface area (Å²) in [5, 5.41) is 0. The third kappa shape index (κ3) is 3.57. The van der Waals surface area contributed by atoms with Gasteiger partial charge in [-0.1, -0.05) is 42.5 Å². The number of imidazole rings is 1. The molecule has 0 amide bonds. The predicted octanol–water partition coefficient (Wildman–Crippen LogP) is 4.05. The number of pyridine rings is 1. The van der Waals surface area contributed by atoms with E-state index in [1.54, 1.807) is 31.5 Å². The molecule has 0 spiro atoms. The lowest BCUT2D eigenvalue weighted by Crippen LogP contribution is -2.09. The average Bonchev–Trinajstić information content (AvgIpc) is 3.11. The molecular formula is C21H19N3O3S. The second-order valence-electron chi connectivity index (χ2n) is 6.44. The standard InChI is InChI=1S/C21H19N3O3S/c1-27-21-13-17(15-7-4-3-5-8-15)12-20-22-14-19(24(20)21)16-9-6-10-18(11-16)23-28(2,25)26/h3-14,23H,1-2H3. The zero-order chi connectivity index (χ0) is 19.7. The zero-order valence-corrected chi connectivity index (χ0v) is 16.3. The Balaban J connectivity index is 1.85. The van der Waals surface area contributed by atoms with Crippen molar-refractivity contribution in [3.05, 3.63) is 72.9 Å². The van der Waals surface area contributed by atoms with Crippen LogP contribution < -0.4 is 9.46 Å². The van der Waals surface area contributed by atoms with Crippen molar-refractivity contribution in [2.24, 2.45) is 0 Å². The van der Waals surface area contributed by atoms with Crippen molar-refractivity contribution in [1.29, 1.82) is 0 Å². The maximum Gasteiger partial charge on any atom is 0.229 e. The van der Waals surface area contributed by atoms with Crippen LogP contribution >= 0.6 is 0 Å². The highest BCUT2D eigenvalue weighted by molar-refractivity contribution is 7.92. The Morgan fingerprint density at radius 1 is 0.929 bits per heavy atom. The minimum atomic E-state index is -3.35. The number of hydrogen-bond acceptors (Lipinski definition) is 4. The van der Waals surface area contributed by atoms with Crippen LogP contribution in [0.1, 0.15) is 0 Å². The van der Waals surface area contributed by atoms with Gasteiger partial charge in [0.1, 0.15) is 5.65 Å². The second kappa shape index (κ2) is 7.01. The van der Waals surface area contributed by atoms with Crippen molar-refractivity contribution < 1.29 is 13.2 Å². The van der Waals surface area contributed by atoms with E-state index in [-0.39, 0.29) is 0 Å². The summed E-state index contributed by atoms with van der Waals surface area (Å²) in [7, 11) is -1.73. The summed E-state index contributed by atoms with van der Waals surface area (Å²) in [6.07, 6.45) is 2.88. The van der Waals surface area contributed by atoms with Crippen molar-refractivity contribution >= 4 is 21.4 Å². The molecule has 28 heavy (non-hydrogen) atoms. The molecule has 0 radical (unpaired) electrons. The van der Waals surface area contributed by atoms with Crippen LogP contribution in [0.5, 0.6) is 5.88 Å². The number of fused-ring (bicyclic) bond motifs is 1. The minimum absolute atomic E-state index is 0.495. The monoisotopic (exact) mass is 393 g/mol. The number of sulfonamides is 1. The van der Waals surface area contributed by atoms with Gasteiger partial charge in [-0.2, -0.15) is 0 Å². The van der Waals surface area contributed by atoms with Gasteiger partial charge in [0.25, 0.3) is 0 Å². The smallest absolute Gasteiger partial charge is 0.229 e. The molecule has 4 aromatic rings. The number of nitrogens with one attached hydrogen (secondary N) is 1. The van der Waals surface area contributed by atoms with E-state index in [1.807, 2.05) is 52.9 Å². The molecule has 0 aliphatic rings. The first-order valence-electron chi connectivity index (χ1n) is 8.64. The fourth-order valence-corrected chi connectivity index (χ4v) is 3.74. The highest BCUT2D eigenvalue weighted by atomic mass is 32.2. The van der Waals surface area contributed by atoms with E-state index in [1.165, 1.54) is 0 Å². The quantitative estimate of drug-likeness (QED) is 0.555. The third-order valence-electron chi connectivity index (χ3n) is 4.35. The van der Waals surface area contributed by atoms with Crippen molar-refractivity contribution in [1.82, 2.24) is 9.38 Å². The molecule has 0 aliphatic heterocycles. The minimum Gasteiger partial charge on any atom is -0.482 e. The summed E-state index contributed by atoms with van der Waals surface area (Å²) < 4.78 is 33.1. The van der Waals surface area contributed by atoms with E-state index in [0.717, 1.165) is 34.3 Å². The Morgan fingerprint density at radius 3 is 2.39 bits per heavy atom. The molecule has 0 aliphatic carbocycles. The molecule has 0 bridgehead atoms. The summed E-state index contributed by atoms with van der Waals surface area (Å²) in [6, 6.07) is 21.2. The Kier molecular flexibility index (Phi) is 4.52. The molecule has 4 rings (SSSR count). The van der Waals surface area contributed by atoms with Crippen LogP contribution in [0.2, 0.25) is 0 Å². The molecule has 6 nitrogen and oxygen atoms in total. The molecule has 7 heteroatoms. The van der Waals surface area contributed by atoms with Gasteiger partial charge in [0.15, 0.2) is 5.88 Å². The molecule has 0 saturated heterocycles. The van der Waals surface area contributed by atoms with Gasteiger partial charge >= 0.3 is 0 Å². The maximum absolute atomic E-state index is 11.5. The first kappa shape index (κ1) is 18.1. The lowest BCUT2D eigenvalue weighted by atomic mass is 10.1. The van der Waals surface area contributed by atoms with E-state index in [4.69, 9.17) is 4.74 Å². The summed E-state index contributed by atoms with van der Waals surface area (Å²) in [4.78, 5) is 4.54. The normalized spacial score (nSPS) is 11.5. The largest absolute Gasteiger partial charge is 0.482 e. The summed E-state index contributed by atoms with van der Waals surface area (Å²) in [6.45, 7) is 0. The third-order valence-corrected chi connectivity index (χ3v) is 4.96. The molecule has 142 valence electrons. The molecule has 2 heterocycles. The molecule has 2 aromatic carbocycles. The van der Waals surface area contributed by atoms with Crippen LogP contribution in [0.4, 0.5) is 5.69 Å². The number of hydrogen-bond donors (Lipinski definition) is 1. The predicted molar refractivity (Wildman–Crippen MR) is 111 cm³/mol. The van der Waals surface area contributed by atoms with Gasteiger partial charge in [-0.25, -0.2) is 13.4 Å². The highest BCUT2D eigenvalue weighted by Gasteiger charge is 2.14. The zero-order valence-electron chi connectivity index (χ0n) is 15.5. The molecule has 1 N–H and O–H groups in total. The van der Waals surface area contributed by atoms with Gasteiger partial charge < -0.3 is 4.74 Å². The fourth-order valence-electron chi connectivity index (χ4n) is 3.19. The fraction of sp³-hybridized carbons (Fsp3) is 0.0952.